The van der Waals surface area contributed by atoms with Crippen LogP contribution in [0.15, 0.2) is 0 Å². The second-order valence-corrected chi connectivity index (χ2v) is 2.68. The fourth-order valence-corrected chi connectivity index (χ4v) is 0. The molecule has 0 saturated carbocycles. The molecular formula is O8P2U. The van der Waals surface area contributed by atoms with Crippen LogP contribution in [0, 0.1) is 31.1 Å². The third-order valence-corrected chi connectivity index (χ3v) is 0. The summed E-state index contributed by atoms with van der Waals surface area (Å²) in [5.74, 6) is 0. The van der Waals surface area contributed by atoms with Crippen LogP contribution in [-0.4, -0.2) is 0 Å². The van der Waals surface area contributed by atoms with Gasteiger partial charge in [-0.1, -0.05) is 0 Å². The standard InChI is InChI=1S/2H3O4P.U/c2*1-5(2,3)4;/h2*(H3,1,2,3,4);/q;;+6/p-6. The molecule has 0 amide bonds. The molecule has 0 fully saturated rings. The molecule has 0 radical (unpaired) electrons. The third kappa shape index (κ3) is 599. The molecule has 0 bridgehead atoms. The third-order valence-electron chi connectivity index (χ3n) is 0. The Balaban J connectivity index is -0.000000107. The van der Waals surface area contributed by atoms with E-state index in [1.54, 1.807) is 0 Å². The minimum Gasteiger partial charge on any atom is -0.822 e. The summed E-state index contributed by atoms with van der Waals surface area (Å²) in [6.45, 7) is 0. The molecule has 0 aromatic heterocycles. The van der Waals surface area contributed by atoms with Crippen LogP contribution < -0.4 is 29.4 Å². The second kappa shape index (κ2) is 6.75. The zero-order chi connectivity index (χ0) is 9.00. The van der Waals surface area contributed by atoms with Crippen LogP contribution in [0.3, 0.4) is 0 Å². The van der Waals surface area contributed by atoms with E-state index in [2.05, 4.69) is 0 Å². The molecule has 0 atom stereocenters. The smallest absolute Gasteiger partial charge is 0.822 e. The zero-order valence-corrected chi connectivity index (χ0v) is 10.6. The topological polar surface area (TPSA) is 172 Å². The van der Waals surface area contributed by atoms with E-state index in [1.165, 1.54) is 0 Å². The van der Waals surface area contributed by atoms with E-state index in [-0.39, 0.29) is 31.1 Å². The molecular weight excluding hydrogens is 428 g/mol. The summed E-state index contributed by atoms with van der Waals surface area (Å²) in [6, 6.07) is 0. The van der Waals surface area contributed by atoms with Crippen molar-refractivity contribution in [2.45, 2.75) is 0 Å². The van der Waals surface area contributed by atoms with Gasteiger partial charge in [-0.3, -0.25) is 0 Å². The molecule has 0 aromatic rings. The normalized spacial score (nSPS) is 10.7. The van der Waals surface area contributed by atoms with Gasteiger partial charge in [0.1, 0.15) is 0 Å². The maximum atomic E-state index is 8.55. The summed E-state index contributed by atoms with van der Waals surface area (Å²) in [5, 5.41) is 0. The Morgan fingerprint density at radius 1 is 0.636 bits per heavy atom. The monoisotopic (exact) mass is 428 g/mol. The van der Waals surface area contributed by atoms with Crippen LogP contribution in [0.25, 0.3) is 0 Å². The van der Waals surface area contributed by atoms with Crippen molar-refractivity contribution in [1.29, 1.82) is 0 Å². The van der Waals surface area contributed by atoms with Gasteiger partial charge >= 0.3 is 31.1 Å². The predicted molar refractivity (Wildman–Crippen MR) is 15.2 cm³/mol. The Kier molecular flexibility index (Phi) is 11.1. The average molecular weight is 428 g/mol. The van der Waals surface area contributed by atoms with Gasteiger partial charge in [0.15, 0.2) is 0 Å². The maximum Gasteiger partial charge on any atom is 6.00 e. The molecule has 11 heteroatoms. The Labute approximate surface area is 85.1 Å². The second-order valence-electron chi connectivity index (χ2n) is 0.894. The van der Waals surface area contributed by atoms with E-state index in [1.807, 2.05) is 0 Å². The summed E-state index contributed by atoms with van der Waals surface area (Å²) in [4.78, 5) is 51.3. The number of phosphoric acid groups is 2. The van der Waals surface area contributed by atoms with Crippen molar-refractivity contribution in [2.24, 2.45) is 0 Å². The van der Waals surface area contributed by atoms with Crippen LogP contribution in [0.5, 0.6) is 0 Å². The first-order valence-corrected chi connectivity index (χ1v) is 4.38. The molecule has 0 N–H and O–H groups in total. The van der Waals surface area contributed by atoms with Crippen LogP contribution in [-0.2, 0) is 9.13 Å². The van der Waals surface area contributed by atoms with Crippen LogP contribution in [0.2, 0.25) is 0 Å². The molecule has 0 aliphatic rings. The minimum atomic E-state index is -5.39. The van der Waals surface area contributed by atoms with Crippen molar-refractivity contribution in [1.82, 2.24) is 0 Å². The molecule has 0 spiro atoms. The first-order valence-electron chi connectivity index (χ1n) is 1.46. The van der Waals surface area contributed by atoms with Crippen molar-refractivity contribution in [2.75, 3.05) is 0 Å². The van der Waals surface area contributed by atoms with Gasteiger partial charge in [-0.2, -0.15) is 15.6 Å². The maximum absolute atomic E-state index is 8.55. The molecule has 0 aromatic carbocycles. The molecule has 0 rings (SSSR count). The van der Waals surface area contributed by atoms with Gasteiger partial charge in [0.25, 0.3) is 0 Å². The van der Waals surface area contributed by atoms with Crippen molar-refractivity contribution < 1.29 is 69.6 Å². The van der Waals surface area contributed by atoms with E-state index in [9.17, 15) is 0 Å². The Morgan fingerprint density at radius 3 is 0.636 bits per heavy atom. The largest absolute Gasteiger partial charge is 6.00 e. The molecule has 0 saturated heterocycles. The number of hydrogen-bond donors (Lipinski definition) is 0. The molecule has 11 heavy (non-hydrogen) atoms. The van der Waals surface area contributed by atoms with Gasteiger partial charge in [0.2, 0.25) is 0 Å². The Morgan fingerprint density at radius 2 is 0.636 bits per heavy atom. The van der Waals surface area contributed by atoms with Crippen LogP contribution >= 0.6 is 15.6 Å². The fourth-order valence-electron chi connectivity index (χ4n) is 0. The summed E-state index contributed by atoms with van der Waals surface area (Å²) in [7, 11) is -10.8. The Bertz CT molecular complexity index is 124. The van der Waals surface area contributed by atoms with Gasteiger partial charge < -0.3 is 38.5 Å². The van der Waals surface area contributed by atoms with E-state index < -0.39 is 15.6 Å². The van der Waals surface area contributed by atoms with Crippen LogP contribution in [0.1, 0.15) is 0 Å². The van der Waals surface area contributed by atoms with Crippen molar-refractivity contribution in [3.8, 4) is 0 Å². The number of rotatable bonds is 0. The van der Waals surface area contributed by atoms with E-state index >= 15 is 0 Å². The van der Waals surface area contributed by atoms with E-state index in [4.69, 9.17) is 38.5 Å². The van der Waals surface area contributed by atoms with Gasteiger partial charge in [-0.05, 0) is 0 Å². The van der Waals surface area contributed by atoms with E-state index in [0.717, 1.165) is 0 Å². The fraction of sp³-hybridized carbons (Fsp3) is 0. The molecule has 0 aliphatic carbocycles. The first-order chi connectivity index (χ1) is 4.00. The predicted octanol–water partition coefficient (Wildman–Crippen LogP) is -5.65. The zero-order valence-electron chi connectivity index (χ0n) is 4.66. The van der Waals surface area contributed by atoms with E-state index in [0.29, 0.717) is 0 Å². The van der Waals surface area contributed by atoms with Crippen molar-refractivity contribution in [3.63, 3.8) is 0 Å². The molecule has 0 aliphatic heterocycles. The molecule has 0 heterocycles. The summed E-state index contributed by atoms with van der Waals surface area (Å²) >= 11 is 0. The molecule has 0 unspecified atom stereocenters. The van der Waals surface area contributed by atoms with Gasteiger partial charge in [0, 0.05) is 0 Å². The SMILES string of the molecule is O=P([O-])([O-])[O-].O=P([O-])([O-])[O-].[U+6]. The molecule has 62 valence electrons. The first kappa shape index (κ1) is 18.1. The summed E-state index contributed by atoms with van der Waals surface area (Å²) in [6.07, 6.45) is 0. The average Bonchev–Trinajstić information content (AvgIpc) is 1.12. The molecule has 8 nitrogen and oxygen atoms in total. The van der Waals surface area contributed by atoms with Gasteiger partial charge in [0.05, 0.1) is 0 Å². The Hall–Kier alpha value is 1.27. The number of hydrogen-bond acceptors (Lipinski definition) is 8. The quantitative estimate of drug-likeness (QED) is 0.344. The summed E-state index contributed by atoms with van der Waals surface area (Å²) in [5.41, 5.74) is 0. The van der Waals surface area contributed by atoms with Gasteiger partial charge in [-0.25, -0.2) is 0 Å². The van der Waals surface area contributed by atoms with Crippen LogP contribution in [0.4, 0.5) is 0 Å². The van der Waals surface area contributed by atoms with Crippen molar-refractivity contribution >= 4 is 15.6 Å². The summed E-state index contributed by atoms with van der Waals surface area (Å²) < 4.78 is 17.1. The van der Waals surface area contributed by atoms with Crippen molar-refractivity contribution in [3.05, 3.63) is 0 Å². The minimum absolute atomic E-state index is 0. The van der Waals surface area contributed by atoms with Gasteiger partial charge in [-0.15, -0.1) is 0 Å².